The number of halogens is 2. The second-order valence-corrected chi connectivity index (χ2v) is 4.72. The number of carbonyl (C=O) groups is 1. The fourth-order valence-corrected chi connectivity index (χ4v) is 2.12. The van der Waals surface area contributed by atoms with Gasteiger partial charge in [-0.3, -0.25) is 4.79 Å². The Balaban J connectivity index is 2.82. The largest absolute Gasteiger partial charge is 0.481 e. The Kier molecular flexibility index (Phi) is 3.95. The van der Waals surface area contributed by atoms with Gasteiger partial charge in [0.1, 0.15) is 7.40 Å². The van der Waals surface area contributed by atoms with Gasteiger partial charge in [0.2, 0.25) is 0 Å². The molecule has 0 aliphatic heterocycles. The topological polar surface area (TPSA) is 55.1 Å². The predicted octanol–water partition coefficient (Wildman–Crippen LogP) is 2.13. The Hall–Kier alpha value is 0.140. The third-order valence-electron chi connectivity index (χ3n) is 1.64. The number of carboxylic acids is 1. The Labute approximate surface area is 103 Å². The van der Waals surface area contributed by atoms with E-state index in [0.717, 1.165) is 7.40 Å². The summed E-state index contributed by atoms with van der Waals surface area (Å²) in [6.07, 6.45) is 1.81. The number of imidazole rings is 1. The quantitative estimate of drug-likeness (QED) is 0.784. The second kappa shape index (κ2) is 4.58. The predicted molar refractivity (Wildman–Crippen MR) is 64.6 cm³/mol. The maximum atomic E-state index is 10.5. The molecule has 13 heavy (non-hydrogen) atoms. The summed E-state index contributed by atoms with van der Waals surface area (Å²) >= 11 is 4.29. The van der Waals surface area contributed by atoms with Crippen LogP contribution in [0.2, 0.25) is 0 Å². The van der Waals surface area contributed by atoms with E-state index in [1.807, 2.05) is 11.5 Å². The molecule has 0 saturated carbocycles. The maximum Gasteiger partial charge on any atom is 0.305 e. The summed E-state index contributed by atoms with van der Waals surface area (Å²) in [5, 5.41) is 8.60. The molecule has 1 unspecified atom stereocenters. The molecular weight excluding hydrogens is 398 g/mol. The van der Waals surface area contributed by atoms with Crippen LogP contribution in [0, 0.1) is 7.40 Å². The molecule has 0 amide bonds. The van der Waals surface area contributed by atoms with Crippen molar-refractivity contribution in [2.45, 2.75) is 19.4 Å². The molecule has 0 fully saturated rings. The van der Waals surface area contributed by atoms with Crippen LogP contribution in [0.1, 0.15) is 19.4 Å². The number of nitrogens with zero attached hydrogens (tertiary/aromatic N) is 2. The van der Waals surface area contributed by atoms with Crippen molar-refractivity contribution in [3.8, 4) is 0 Å². The maximum absolute atomic E-state index is 10.5. The molecule has 0 spiro atoms. The number of carboxylic acid groups (broad SMARTS) is 1. The van der Waals surface area contributed by atoms with Crippen molar-refractivity contribution in [2.75, 3.05) is 0 Å². The first kappa shape index (κ1) is 11.2. The highest BCUT2D eigenvalue weighted by Gasteiger charge is 2.13. The highest BCUT2D eigenvalue weighted by Crippen LogP contribution is 2.19. The zero-order valence-electron chi connectivity index (χ0n) is 6.87. The van der Waals surface area contributed by atoms with Crippen molar-refractivity contribution in [3.63, 3.8) is 0 Å². The van der Waals surface area contributed by atoms with E-state index < -0.39 is 5.97 Å². The van der Waals surface area contributed by atoms with Crippen molar-refractivity contribution in [1.29, 1.82) is 0 Å². The molecule has 1 rings (SSSR count). The average Bonchev–Trinajstić information content (AvgIpc) is 2.31. The highest BCUT2D eigenvalue weighted by atomic mass is 127. The molecular formula is C7H8I2N2O2. The molecule has 0 bridgehead atoms. The van der Waals surface area contributed by atoms with Crippen LogP contribution in [0.4, 0.5) is 0 Å². The molecule has 4 nitrogen and oxygen atoms in total. The minimum Gasteiger partial charge on any atom is -0.481 e. The highest BCUT2D eigenvalue weighted by molar-refractivity contribution is 14.1. The summed E-state index contributed by atoms with van der Waals surface area (Å²) in [4.78, 5) is 14.6. The molecule has 0 aliphatic carbocycles. The zero-order chi connectivity index (χ0) is 10.0. The van der Waals surface area contributed by atoms with E-state index in [9.17, 15) is 4.79 Å². The first-order chi connectivity index (χ1) is 6.02. The summed E-state index contributed by atoms with van der Waals surface area (Å²) in [6, 6.07) is -0.0413. The van der Waals surface area contributed by atoms with Crippen molar-refractivity contribution < 1.29 is 9.90 Å². The van der Waals surface area contributed by atoms with Crippen LogP contribution in [-0.4, -0.2) is 20.6 Å². The summed E-state index contributed by atoms with van der Waals surface area (Å²) in [5.74, 6) is -0.785. The smallest absolute Gasteiger partial charge is 0.305 e. The molecule has 6 heteroatoms. The number of aliphatic carboxylic acids is 1. The van der Waals surface area contributed by atoms with Gasteiger partial charge in [-0.15, -0.1) is 0 Å². The van der Waals surface area contributed by atoms with E-state index in [4.69, 9.17) is 5.11 Å². The van der Waals surface area contributed by atoms with E-state index in [1.54, 1.807) is 6.33 Å². The van der Waals surface area contributed by atoms with Crippen LogP contribution < -0.4 is 0 Å². The lowest BCUT2D eigenvalue weighted by molar-refractivity contribution is -0.137. The van der Waals surface area contributed by atoms with Gasteiger partial charge in [0.25, 0.3) is 0 Å². The van der Waals surface area contributed by atoms with E-state index in [2.05, 4.69) is 50.2 Å². The lowest BCUT2D eigenvalue weighted by atomic mass is 10.2. The van der Waals surface area contributed by atoms with Gasteiger partial charge < -0.3 is 9.67 Å². The molecule has 0 radical (unpaired) electrons. The third kappa shape index (κ3) is 2.79. The summed E-state index contributed by atoms with van der Waals surface area (Å²) in [5.41, 5.74) is 0. The fourth-order valence-electron chi connectivity index (χ4n) is 0.982. The zero-order valence-corrected chi connectivity index (χ0v) is 11.2. The van der Waals surface area contributed by atoms with Crippen molar-refractivity contribution >= 4 is 51.2 Å². The van der Waals surface area contributed by atoms with Gasteiger partial charge in [-0.2, -0.15) is 0 Å². The number of aromatic nitrogens is 2. The molecule has 1 N–H and O–H groups in total. The lowest BCUT2D eigenvalue weighted by Crippen LogP contribution is -2.11. The van der Waals surface area contributed by atoms with E-state index in [0.29, 0.717) is 0 Å². The second-order valence-electron chi connectivity index (χ2n) is 2.68. The fraction of sp³-hybridized carbons (Fsp3) is 0.429. The minimum atomic E-state index is -0.785. The average molecular weight is 406 g/mol. The van der Waals surface area contributed by atoms with Crippen LogP contribution in [0.3, 0.4) is 0 Å². The van der Waals surface area contributed by atoms with Gasteiger partial charge in [-0.1, -0.05) is 0 Å². The van der Waals surface area contributed by atoms with Gasteiger partial charge in [0, 0.05) is 6.04 Å². The molecule has 0 saturated heterocycles. The number of hydrogen-bond acceptors (Lipinski definition) is 2. The molecule has 1 heterocycles. The van der Waals surface area contributed by atoms with E-state index >= 15 is 0 Å². The Bertz CT molecular complexity index is 324. The monoisotopic (exact) mass is 406 g/mol. The molecule has 0 aliphatic rings. The lowest BCUT2D eigenvalue weighted by Gasteiger charge is -2.11. The molecule has 72 valence electrons. The standard InChI is InChI=1S/C7H8I2N2O2/c1-4(2-5(12)13)11-3-10-6(8)7(11)9/h3-4H,2H2,1H3,(H,12,13). The molecule has 1 aromatic rings. The Morgan fingerprint density at radius 1 is 1.77 bits per heavy atom. The molecule has 0 aromatic carbocycles. The number of hydrogen-bond donors (Lipinski definition) is 1. The summed E-state index contributed by atoms with van der Waals surface area (Å²) in [6.45, 7) is 1.87. The van der Waals surface area contributed by atoms with Gasteiger partial charge in [0.05, 0.1) is 12.7 Å². The van der Waals surface area contributed by atoms with Gasteiger partial charge in [-0.05, 0) is 52.1 Å². The Morgan fingerprint density at radius 3 is 2.77 bits per heavy atom. The van der Waals surface area contributed by atoms with Crippen LogP contribution >= 0.6 is 45.2 Å². The van der Waals surface area contributed by atoms with Crippen molar-refractivity contribution in [2.24, 2.45) is 0 Å². The normalized spacial score (nSPS) is 12.8. The summed E-state index contributed by atoms with van der Waals surface area (Å²) in [7, 11) is 0. The third-order valence-corrected chi connectivity index (χ3v) is 4.53. The van der Waals surface area contributed by atoms with Crippen LogP contribution in [0.15, 0.2) is 6.33 Å². The summed E-state index contributed by atoms with van der Waals surface area (Å²) < 4.78 is 3.78. The molecule has 1 atom stereocenters. The molecule has 1 aromatic heterocycles. The van der Waals surface area contributed by atoms with Gasteiger partial charge >= 0.3 is 5.97 Å². The minimum absolute atomic E-state index is 0.0413. The number of rotatable bonds is 3. The first-order valence-electron chi connectivity index (χ1n) is 3.62. The van der Waals surface area contributed by atoms with Crippen LogP contribution in [0.5, 0.6) is 0 Å². The van der Waals surface area contributed by atoms with Crippen molar-refractivity contribution in [3.05, 3.63) is 13.7 Å². The van der Waals surface area contributed by atoms with E-state index in [-0.39, 0.29) is 12.5 Å². The van der Waals surface area contributed by atoms with Gasteiger partial charge in [0.15, 0.2) is 0 Å². The van der Waals surface area contributed by atoms with Gasteiger partial charge in [-0.25, -0.2) is 4.98 Å². The Morgan fingerprint density at radius 2 is 2.38 bits per heavy atom. The SMILES string of the molecule is CC(CC(=O)O)n1cnc(I)c1I. The van der Waals surface area contributed by atoms with Crippen LogP contribution in [-0.2, 0) is 4.79 Å². The van der Waals surface area contributed by atoms with Crippen LogP contribution in [0.25, 0.3) is 0 Å². The van der Waals surface area contributed by atoms with E-state index in [1.165, 1.54) is 0 Å². The first-order valence-corrected chi connectivity index (χ1v) is 5.77. The van der Waals surface area contributed by atoms with Crippen molar-refractivity contribution in [1.82, 2.24) is 9.55 Å².